The van der Waals surface area contributed by atoms with Gasteiger partial charge in [0.05, 0.1) is 0 Å². The van der Waals surface area contributed by atoms with Crippen molar-refractivity contribution in [3.8, 4) is 11.8 Å². The standard InChI is InChI=1S/C17H18N2O/c1-13-8-14(2)10-15(9-13)12-19-16-4-3-5-17(11-16)20-7-6-18/h3-5,8-11,19H,7,12H2,1-2H3. The highest BCUT2D eigenvalue weighted by molar-refractivity contribution is 5.48. The first-order valence-electron chi connectivity index (χ1n) is 6.58. The number of rotatable bonds is 5. The zero-order valence-corrected chi connectivity index (χ0v) is 11.8. The molecular formula is C17H18N2O. The molecule has 0 aliphatic carbocycles. The third-order valence-electron chi connectivity index (χ3n) is 2.92. The van der Waals surface area contributed by atoms with E-state index in [1.54, 1.807) is 0 Å². The van der Waals surface area contributed by atoms with E-state index >= 15 is 0 Å². The number of anilines is 1. The highest BCUT2D eigenvalue weighted by atomic mass is 16.5. The maximum absolute atomic E-state index is 8.51. The van der Waals surface area contributed by atoms with E-state index in [2.05, 4.69) is 37.4 Å². The second-order valence-corrected chi connectivity index (χ2v) is 4.82. The fourth-order valence-corrected chi connectivity index (χ4v) is 2.19. The first-order valence-corrected chi connectivity index (χ1v) is 6.58. The summed E-state index contributed by atoms with van der Waals surface area (Å²) < 4.78 is 5.28. The molecule has 1 N–H and O–H groups in total. The van der Waals surface area contributed by atoms with Crippen molar-refractivity contribution in [2.45, 2.75) is 20.4 Å². The number of ether oxygens (including phenoxy) is 1. The van der Waals surface area contributed by atoms with Crippen LogP contribution in [0.5, 0.6) is 5.75 Å². The number of nitrogens with one attached hydrogen (secondary N) is 1. The lowest BCUT2D eigenvalue weighted by atomic mass is 10.1. The number of aryl methyl sites for hydroxylation is 2. The fourth-order valence-electron chi connectivity index (χ4n) is 2.19. The van der Waals surface area contributed by atoms with Gasteiger partial charge in [0, 0.05) is 18.3 Å². The molecule has 0 radical (unpaired) electrons. The second-order valence-electron chi connectivity index (χ2n) is 4.82. The molecule has 3 nitrogen and oxygen atoms in total. The van der Waals surface area contributed by atoms with E-state index in [1.165, 1.54) is 16.7 Å². The minimum absolute atomic E-state index is 0.0700. The Morgan fingerprint density at radius 3 is 2.55 bits per heavy atom. The third kappa shape index (κ3) is 4.03. The molecule has 3 heteroatoms. The topological polar surface area (TPSA) is 45.0 Å². The van der Waals surface area contributed by atoms with E-state index in [4.69, 9.17) is 10.00 Å². The van der Waals surface area contributed by atoms with Gasteiger partial charge in [0.25, 0.3) is 0 Å². The Balaban J connectivity index is 2.01. The highest BCUT2D eigenvalue weighted by Gasteiger charge is 1.99. The van der Waals surface area contributed by atoms with Gasteiger partial charge in [0.15, 0.2) is 6.61 Å². The van der Waals surface area contributed by atoms with E-state index in [-0.39, 0.29) is 6.61 Å². The van der Waals surface area contributed by atoms with Gasteiger partial charge in [0.1, 0.15) is 11.8 Å². The summed E-state index contributed by atoms with van der Waals surface area (Å²) in [6, 6.07) is 16.1. The summed E-state index contributed by atoms with van der Waals surface area (Å²) in [5.41, 5.74) is 4.78. The van der Waals surface area contributed by atoms with Crippen LogP contribution in [-0.4, -0.2) is 6.61 Å². The van der Waals surface area contributed by atoms with E-state index in [0.717, 1.165) is 12.2 Å². The van der Waals surface area contributed by atoms with Crippen molar-refractivity contribution in [2.75, 3.05) is 11.9 Å². The molecule has 0 bridgehead atoms. The highest BCUT2D eigenvalue weighted by Crippen LogP contribution is 2.18. The van der Waals surface area contributed by atoms with E-state index in [1.807, 2.05) is 30.3 Å². The van der Waals surface area contributed by atoms with Gasteiger partial charge in [-0.3, -0.25) is 0 Å². The maximum atomic E-state index is 8.51. The van der Waals surface area contributed by atoms with E-state index < -0.39 is 0 Å². The molecule has 0 amide bonds. The molecule has 0 aromatic heterocycles. The Kier molecular flexibility index (Phi) is 4.62. The normalized spacial score (nSPS) is 9.85. The molecule has 0 saturated heterocycles. The van der Waals surface area contributed by atoms with E-state index in [0.29, 0.717) is 5.75 Å². The summed E-state index contributed by atoms with van der Waals surface area (Å²) in [7, 11) is 0. The van der Waals surface area contributed by atoms with Crippen LogP contribution in [0.2, 0.25) is 0 Å². The molecule has 0 atom stereocenters. The summed E-state index contributed by atoms with van der Waals surface area (Å²) in [5.74, 6) is 0.706. The SMILES string of the molecule is Cc1cc(C)cc(CNc2cccc(OCC#N)c2)c1. The quantitative estimate of drug-likeness (QED) is 0.894. The molecular weight excluding hydrogens is 248 g/mol. The third-order valence-corrected chi connectivity index (χ3v) is 2.92. The lowest BCUT2D eigenvalue weighted by molar-refractivity contribution is 0.368. The second kappa shape index (κ2) is 6.63. The lowest BCUT2D eigenvalue weighted by Gasteiger charge is -2.10. The molecule has 0 saturated carbocycles. The first-order chi connectivity index (χ1) is 9.67. The van der Waals surface area contributed by atoms with Gasteiger partial charge < -0.3 is 10.1 Å². The Hall–Kier alpha value is -2.47. The van der Waals surface area contributed by atoms with Crippen LogP contribution in [0, 0.1) is 25.2 Å². The number of nitrogens with zero attached hydrogens (tertiary/aromatic N) is 1. The van der Waals surface area contributed by atoms with Gasteiger partial charge in [-0.2, -0.15) is 5.26 Å². The van der Waals surface area contributed by atoms with Crippen LogP contribution in [-0.2, 0) is 6.54 Å². The van der Waals surface area contributed by atoms with Crippen molar-refractivity contribution in [2.24, 2.45) is 0 Å². The van der Waals surface area contributed by atoms with Crippen molar-refractivity contribution in [3.63, 3.8) is 0 Å². The first kappa shape index (κ1) is 14.0. The average Bonchev–Trinajstić information content (AvgIpc) is 2.42. The maximum Gasteiger partial charge on any atom is 0.174 e. The minimum atomic E-state index is 0.0700. The zero-order chi connectivity index (χ0) is 14.4. The van der Waals surface area contributed by atoms with Gasteiger partial charge in [-0.15, -0.1) is 0 Å². The predicted molar refractivity (Wildman–Crippen MR) is 80.8 cm³/mol. The minimum Gasteiger partial charge on any atom is -0.479 e. The zero-order valence-electron chi connectivity index (χ0n) is 11.8. The number of benzene rings is 2. The Morgan fingerprint density at radius 2 is 1.85 bits per heavy atom. The van der Waals surface area contributed by atoms with E-state index in [9.17, 15) is 0 Å². The summed E-state index contributed by atoms with van der Waals surface area (Å²) in [6.07, 6.45) is 0. The van der Waals surface area contributed by atoms with Crippen molar-refractivity contribution < 1.29 is 4.74 Å². The molecule has 20 heavy (non-hydrogen) atoms. The van der Waals surface area contributed by atoms with Gasteiger partial charge in [-0.25, -0.2) is 0 Å². The Bertz CT molecular complexity index is 609. The van der Waals surface area contributed by atoms with Crippen LogP contribution in [0.1, 0.15) is 16.7 Å². The number of hydrogen-bond donors (Lipinski definition) is 1. The molecule has 0 unspecified atom stereocenters. The molecule has 2 rings (SSSR count). The number of hydrogen-bond acceptors (Lipinski definition) is 3. The van der Waals surface area contributed by atoms with Crippen LogP contribution in [0.3, 0.4) is 0 Å². The van der Waals surface area contributed by atoms with Gasteiger partial charge in [-0.05, 0) is 31.5 Å². The fraction of sp³-hybridized carbons (Fsp3) is 0.235. The summed E-state index contributed by atoms with van der Waals surface area (Å²) in [4.78, 5) is 0. The molecule has 0 heterocycles. The average molecular weight is 266 g/mol. The van der Waals surface area contributed by atoms with Crippen LogP contribution in [0.25, 0.3) is 0 Å². The Labute approximate surface area is 119 Å². The molecule has 0 aliphatic heterocycles. The summed E-state index contributed by atoms with van der Waals surface area (Å²) >= 11 is 0. The molecule has 0 aliphatic rings. The van der Waals surface area contributed by atoms with Crippen LogP contribution in [0.15, 0.2) is 42.5 Å². The van der Waals surface area contributed by atoms with Crippen LogP contribution < -0.4 is 10.1 Å². The van der Waals surface area contributed by atoms with Gasteiger partial charge >= 0.3 is 0 Å². The predicted octanol–water partition coefficient (Wildman–Crippen LogP) is 3.82. The Morgan fingerprint density at radius 1 is 1.10 bits per heavy atom. The molecule has 0 spiro atoms. The molecule has 2 aromatic rings. The molecule has 0 fully saturated rings. The van der Waals surface area contributed by atoms with Gasteiger partial charge in [0.2, 0.25) is 0 Å². The van der Waals surface area contributed by atoms with Crippen molar-refractivity contribution in [1.29, 1.82) is 5.26 Å². The van der Waals surface area contributed by atoms with Crippen molar-refractivity contribution in [3.05, 3.63) is 59.2 Å². The van der Waals surface area contributed by atoms with Gasteiger partial charge in [-0.1, -0.05) is 35.4 Å². The monoisotopic (exact) mass is 266 g/mol. The van der Waals surface area contributed by atoms with Crippen LogP contribution in [0.4, 0.5) is 5.69 Å². The van der Waals surface area contributed by atoms with Crippen LogP contribution >= 0.6 is 0 Å². The largest absolute Gasteiger partial charge is 0.479 e. The molecule has 2 aromatic carbocycles. The lowest BCUT2D eigenvalue weighted by Crippen LogP contribution is -2.01. The summed E-state index contributed by atoms with van der Waals surface area (Å²) in [5, 5.41) is 11.9. The van der Waals surface area contributed by atoms with Crippen molar-refractivity contribution in [1.82, 2.24) is 0 Å². The molecule has 102 valence electrons. The smallest absolute Gasteiger partial charge is 0.174 e. The van der Waals surface area contributed by atoms with Crippen molar-refractivity contribution >= 4 is 5.69 Å². The number of nitriles is 1. The summed E-state index contributed by atoms with van der Waals surface area (Å²) in [6.45, 7) is 5.05.